The Hall–Kier alpha value is -3.32. The lowest BCUT2D eigenvalue weighted by Gasteiger charge is -2.34. The molecule has 0 radical (unpaired) electrons. The smallest absolute Gasteiger partial charge is 0.309 e. The van der Waals surface area contributed by atoms with Gasteiger partial charge in [0.25, 0.3) is 5.91 Å². The van der Waals surface area contributed by atoms with Crippen molar-refractivity contribution in [3.05, 3.63) is 23.3 Å². The Balaban J connectivity index is 1.31. The van der Waals surface area contributed by atoms with Crippen LogP contribution in [0.5, 0.6) is 11.5 Å². The van der Waals surface area contributed by atoms with Gasteiger partial charge in [-0.25, -0.2) is 0 Å². The number of nitrogens with zero attached hydrogens (tertiary/aromatic N) is 1. The number of ether oxygens (including phenoxy) is 2. The average Bonchev–Trinajstić information content (AvgIpc) is 3.70. The van der Waals surface area contributed by atoms with Gasteiger partial charge in [0.15, 0.2) is 0 Å². The lowest BCUT2D eigenvalue weighted by atomic mass is 9.75. The van der Waals surface area contributed by atoms with Crippen molar-refractivity contribution < 1.29 is 34.1 Å². The van der Waals surface area contributed by atoms with Crippen molar-refractivity contribution in [2.24, 2.45) is 23.2 Å². The third-order valence-electron chi connectivity index (χ3n) is 10.2. The number of benzene rings is 1. The standard InChI is InChI=1S/C31H41N3O7/c1-30(29(37)38)11-7-21(8-12-30)41-23-15-22(24(40-2)14-20(23)16-32)27(35)34-26-19-6-5-18(13-19)25(26)28(36)33-17-31(39)9-3-4-10-31/h14-15,18-19,21,25-26,39H,3-13,17H2,1-2H3,(H,33,36)(H,34,35)(H,37,38). The second-order valence-corrected chi connectivity index (χ2v) is 12.9. The van der Waals surface area contributed by atoms with Crippen molar-refractivity contribution in [2.45, 2.75) is 95.3 Å². The Morgan fingerprint density at radius 3 is 2.37 bits per heavy atom. The molecule has 4 aliphatic carbocycles. The summed E-state index contributed by atoms with van der Waals surface area (Å²) in [6, 6.07) is 4.79. The van der Waals surface area contributed by atoms with Crippen molar-refractivity contribution in [2.75, 3.05) is 13.7 Å². The molecule has 222 valence electrons. The summed E-state index contributed by atoms with van der Waals surface area (Å²) in [5.74, 6) is -0.830. The van der Waals surface area contributed by atoms with E-state index in [1.54, 1.807) is 6.92 Å². The number of carboxylic acid groups (broad SMARTS) is 1. The van der Waals surface area contributed by atoms with Crippen LogP contribution in [-0.2, 0) is 9.59 Å². The minimum absolute atomic E-state index is 0.121. The van der Waals surface area contributed by atoms with Crippen LogP contribution in [-0.4, -0.2) is 59.4 Å². The summed E-state index contributed by atoms with van der Waals surface area (Å²) < 4.78 is 11.6. The number of fused-ring (bicyclic) bond motifs is 2. The van der Waals surface area contributed by atoms with Crippen molar-refractivity contribution in [3.8, 4) is 17.6 Å². The zero-order valence-electron chi connectivity index (χ0n) is 23.9. The Labute approximate surface area is 240 Å². The number of methoxy groups -OCH3 is 1. The maximum Gasteiger partial charge on any atom is 0.309 e. The quantitative estimate of drug-likeness (QED) is 0.353. The van der Waals surface area contributed by atoms with Crippen molar-refractivity contribution in [1.29, 1.82) is 5.26 Å². The van der Waals surface area contributed by atoms with Crippen LogP contribution < -0.4 is 20.1 Å². The number of rotatable bonds is 9. The Kier molecular flexibility index (Phi) is 8.20. The van der Waals surface area contributed by atoms with Gasteiger partial charge < -0.3 is 30.3 Å². The second-order valence-electron chi connectivity index (χ2n) is 12.9. The number of carbonyl (C=O) groups is 3. The molecule has 1 aromatic carbocycles. The van der Waals surface area contributed by atoms with E-state index < -0.39 is 22.9 Å². The molecule has 0 spiro atoms. The van der Waals surface area contributed by atoms with E-state index in [1.807, 2.05) is 0 Å². The van der Waals surface area contributed by atoms with Crippen molar-refractivity contribution in [1.82, 2.24) is 10.6 Å². The highest BCUT2D eigenvalue weighted by molar-refractivity contribution is 5.98. The van der Waals surface area contributed by atoms with Crippen LogP contribution in [0.4, 0.5) is 0 Å². The topological polar surface area (TPSA) is 158 Å². The Morgan fingerprint density at radius 1 is 1.05 bits per heavy atom. The van der Waals surface area contributed by atoms with E-state index in [0.717, 1.165) is 32.1 Å². The van der Waals surface area contributed by atoms with Crippen LogP contribution in [0.1, 0.15) is 93.5 Å². The van der Waals surface area contributed by atoms with Crippen LogP contribution in [0.2, 0.25) is 0 Å². The first-order valence-electron chi connectivity index (χ1n) is 14.9. The highest BCUT2D eigenvalue weighted by Crippen LogP contribution is 2.49. The number of amides is 2. The zero-order chi connectivity index (χ0) is 29.4. The lowest BCUT2D eigenvalue weighted by molar-refractivity contribution is -0.150. The molecule has 41 heavy (non-hydrogen) atoms. The van der Waals surface area contributed by atoms with Gasteiger partial charge >= 0.3 is 5.97 Å². The first kappa shape index (κ1) is 29.2. The van der Waals surface area contributed by atoms with Gasteiger partial charge in [-0.2, -0.15) is 5.26 Å². The van der Waals surface area contributed by atoms with E-state index in [9.17, 15) is 29.9 Å². The monoisotopic (exact) mass is 567 g/mol. The number of aliphatic hydroxyl groups is 1. The number of nitrogens with one attached hydrogen (secondary N) is 2. The van der Waals surface area contributed by atoms with Gasteiger partial charge in [-0.1, -0.05) is 12.8 Å². The summed E-state index contributed by atoms with van der Waals surface area (Å²) >= 11 is 0. The predicted octanol–water partition coefficient (Wildman–Crippen LogP) is 3.54. The molecule has 4 fully saturated rings. The molecule has 0 aromatic heterocycles. The first-order valence-corrected chi connectivity index (χ1v) is 14.9. The Morgan fingerprint density at radius 2 is 1.73 bits per heavy atom. The van der Waals surface area contributed by atoms with Gasteiger partial charge in [0.1, 0.15) is 17.6 Å². The molecule has 4 saturated carbocycles. The lowest BCUT2D eigenvalue weighted by Crippen LogP contribution is -2.52. The molecule has 2 amide bonds. The molecule has 4 unspecified atom stereocenters. The van der Waals surface area contributed by atoms with E-state index >= 15 is 0 Å². The van der Waals surface area contributed by atoms with E-state index in [-0.39, 0.29) is 65.0 Å². The molecular weight excluding hydrogens is 526 g/mol. The number of nitriles is 1. The van der Waals surface area contributed by atoms with Gasteiger partial charge in [-0.05, 0) is 82.6 Å². The summed E-state index contributed by atoms with van der Waals surface area (Å²) in [6.07, 6.45) is 7.76. The van der Waals surface area contributed by atoms with Crippen molar-refractivity contribution in [3.63, 3.8) is 0 Å². The molecule has 1 aromatic rings. The number of hydrogen-bond donors (Lipinski definition) is 4. The molecule has 10 nitrogen and oxygen atoms in total. The molecule has 0 heterocycles. The minimum Gasteiger partial charge on any atom is -0.496 e. The Bertz CT molecular complexity index is 1230. The molecule has 4 N–H and O–H groups in total. The molecule has 4 atom stereocenters. The maximum absolute atomic E-state index is 13.7. The average molecular weight is 568 g/mol. The molecule has 5 rings (SSSR count). The summed E-state index contributed by atoms with van der Waals surface area (Å²) in [6.45, 7) is 1.97. The van der Waals surface area contributed by atoms with E-state index in [0.29, 0.717) is 38.5 Å². The number of carbonyl (C=O) groups excluding carboxylic acids is 2. The number of carboxylic acids is 1. The fraction of sp³-hybridized carbons (Fsp3) is 0.677. The summed E-state index contributed by atoms with van der Waals surface area (Å²) in [7, 11) is 1.43. The van der Waals surface area contributed by atoms with Gasteiger partial charge in [0, 0.05) is 18.7 Å². The summed E-state index contributed by atoms with van der Waals surface area (Å²) in [4.78, 5) is 38.6. The molecular formula is C31H41N3O7. The number of aliphatic carboxylic acids is 1. The predicted molar refractivity (Wildman–Crippen MR) is 148 cm³/mol. The molecule has 2 bridgehead atoms. The highest BCUT2D eigenvalue weighted by atomic mass is 16.5. The fourth-order valence-corrected chi connectivity index (χ4v) is 7.52. The highest BCUT2D eigenvalue weighted by Gasteiger charge is 2.52. The van der Waals surface area contributed by atoms with Crippen LogP contribution in [0, 0.1) is 34.5 Å². The van der Waals surface area contributed by atoms with Crippen molar-refractivity contribution >= 4 is 17.8 Å². The zero-order valence-corrected chi connectivity index (χ0v) is 23.9. The second kappa shape index (κ2) is 11.5. The maximum atomic E-state index is 13.7. The third-order valence-corrected chi connectivity index (χ3v) is 10.2. The normalized spacial score (nSPS) is 31.7. The number of hydrogen-bond acceptors (Lipinski definition) is 7. The molecule has 10 heteroatoms. The van der Waals surface area contributed by atoms with Crippen LogP contribution in [0.25, 0.3) is 0 Å². The summed E-state index contributed by atoms with van der Waals surface area (Å²) in [5.41, 5.74) is -1.19. The first-order chi connectivity index (χ1) is 19.6. The largest absolute Gasteiger partial charge is 0.496 e. The SMILES string of the molecule is COc1cc(C#N)c(OC2CCC(C)(C(=O)O)CC2)cc1C(=O)NC1C2CCC(C2)C1C(=O)NCC1(O)CCCC1. The van der Waals surface area contributed by atoms with Gasteiger partial charge in [0.2, 0.25) is 5.91 Å². The van der Waals surface area contributed by atoms with Crippen LogP contribution >= 0.6 is 0 Å². The van der Waals surface area contributed by atoms with E-state index in [1.165, 1.54) is 19.2 Å². The molecule has 4 aliphatic rings. The fourth-order valence-electron chi connectivity index (χ4n) is 7.52. The van der Waals surface area contributed by atoms with Gasteiger partial charge in [0.05, 0.1) is 41.3 Å². The van der Waals surface area contributed by atoms with Gasteiger partial charge in [-0.3, -0.25) is 14.4 Å². The minimum atomic E-state index is -0.844. The summed E-state index contributed by atoms with van der Waals surface area (Å²) in [5, 5.41) is 36.1. The molecule has 0 aliphatic heterocycles. The molecule has 0 saturated heterocycles. The third kappa shape index (κ3) is 5.87. The van der Waals surface area contributed by atoms with E-state index in [2.05, 4.69) is 16.7 Å². The van der Waals surface area contributed by atoms with Crippen LogP contribution in [0.15, 0.2) is 12.1 Å². The van der Waals surface area contributed by atoms with Crippen LogP contribution in [0.3, 0.4) is 0 Å². The van der Waals surface area contributed by atoms with E-state index in [4.69, 9.17) is 9.47 Å². The van der Waals surface area contributed by atoms with Gasteiger partial charge in [-0.15, -0.1) is 0 Å².